The van der Waals surface area contributed by atoms with Gasteiger partial charge in [0.15, 0.2) is 0 Å². The molecule has 1 aromatic heterocycles. The molecule has 1 N–H and O–H groups in total. The van der Waals surface area contributed by atoms with Crippen molar-refractivity contribution < 1.29 is 9.50 Å². The Balaban J connectivity index is 1.79. The van der Waals surface area contributed by atoms with Crippen molar-refractivity contribution in [3.05, 3.63) is 55.9 Å². The molecule has 0 fully saturated rings. The molecule has 4 heteroatoms. The van der Waals surface area contributed by atoms with Crippen LogP contribution >= 0.6 is 27.3 Å². The van der Waals surface area contributed by atoms with Gasteiger partial charge in [-0.15, -0.1) is 11.3 Å². The van der Waals surface area contributed by atoms with E-state index in [0.29, 0.717) is 12.0 Å². The lowest BCUT2D eigenvalue weighted by atomic mass is 9.82. The van der Waals surface area contributed by atoms with Gasteiger partial charge < -0.3 is 5.11 Å². The van der Waals surface area contributed by atoms with Crippen LogP contribution in [0.5, 0.6) is 0 Å². The van der Waals surface area contributed by atoms with Gasteiger partial charge in [0.25, 0.3) is 0 Å². The summed E-state index contributed by atoms with van der Waals surface area (Å²) in [5, 5.41) is 12.6. The molecule has 1 aromatic carbocycles. The number of halogens is 2. The molecular weight excluding hydrogens is 339 g/mol. The molecule has 0 aliphatic heterocycles. The minimum absolute atomic E-state index is 0.146. The van der Waals surface area contributed by atoms with Gasteiger partial charge in [0.05, 0.1) is 6.10 Å². The fourth-order valence-corrected chi connectivity index (χ4v) is 4.31. The van der Waals surface area contributed by atoms with Crippen molar-refractivity contribution in [3.8, 4) is 0 Å². The Labute approximate surface area is 130 Å². The lowest BCUT2D eigenvalue weighted by Crippen LogP contribution is -2.24. The van der Waals surface area contributed by atoms with Crippen LogP contribution in [0.1, 0.15) is 34.8 Å². The van der Waals surface area contributed by atoms with Crippen molar-refractivity contribution >= 4 is 27.3 Å². The Morgan fingerprint density at radius 1 is 1.40 bits per heavy atom. The number of benzene rings is 1. The summed E-state index contributed by atoms with van der Waals surface area (Å²) in [5.41, 5.74) is 1.86. The molecule has 0 radical (unpaired) electrons. The van der Waals surface area contributed by atoms with Crippen LogP contribution in [0.15, 0.2) is 34.1 Å². The van der Waals surface area contributed by atoms with Crippen molar-refractivity contribution in [1.82, 2.24) is 0 Å². The fraction of sp³-hybridized carbons (Fsp3) is 0.375. The van der Waals surface area contributed by atoms with Crippen LogP contribution in [0.3, 0.4) is 0 Å². The minimum Gasteiger partial charge on any atom is -0.392 e. The Hall–Kier alpha value is -0.710. The van der Waals surface area contributed by atoms with E-state index in [1.54, 1.807) is 17.4 Å². The van der Waals surface area contributed by atoms with Gasteiger partial charge in [0, 0.05) is 21.7 Å². The molecule has 2 aromatic rings. The van der Waals surface area contributed by atoms with Crippen molar-refractivity contribution in [1.29, 1.82) is 0 Å². The zero-order valence-electron chi connectivity index (χ0n) is 11.0. The maximum absolute atomic E-state index is 13.9. The predicted molar refractivity (Wildman–Crippen MR) is 83.8 cm³/mol. The van der Waals surface area contributed by atoms with Crippen LogP contribution in [0.4, 0.5) is 4.39 Å². The maximum Gasteiger partial charge on any atom is 0.127 e. The van der Waals surface area contributed by atoms with E-state index in [1.807, 2.05) is 6.07 Å². The van der Waals surface area contributed by atoms with E-state index in [0.717, 1.165) is 23.7 Å². The molecule has 20 heavy (non-hydrogen) atoms. The van der Waals surface area contributed by atoms with Gasteiger partial charge in [-0.1, -0.05) is 22.0 Å². The van der Waals surface area contributed by atoms with Gasteiger partial charge in [0.2, 0.25) is 0 Å². The summed E-state index contributed by atoms with van der Waals surface area (Å²) >= 11 is 5.02. The van der Waals surface area contributed by atoms with Crippen molar-refractivity contribution in [2.45, 2.75) is 37.7 Å². The van der Waals surface area contributed by atoms with Gasteiger partial charge in [-0.3, -0.25) is 0 Å². The highest BCUT2D eigenvalue weighted by Gasteiger charge is 2.28. The number of aryl methyl sites for hydroxylation is 1. The molecule has 3 rings (SSSR count). The predicted octanol–water partition coefficient (Wildman–Crippen LogP) is 4.67. The van der Waals surface area contributed by atoms with Crippen LogP contribution in [0, 0.1) is 5.82 Å². The molecule has 0 spiro atoms. The lowest BCUT2D eigenvalue weighted by Gasteiger charge is -2.27. The second kappa shape index (κ2) is 5.96. The summed E-state index contributed by atoms with van der Waals surface area (Å²) in [6.45, 7) is 0. The number of hydrogen-bond donors (Lipinski definition) is 1. The summed E-state index contributed by atoms with van der Waals surface area (Å²) in [6, 6.07) is 7.14. The van der Waals surface area contributed by atoms with Crippen molar-refractivity contribution in [2.24, 2.45) is 0 Å². The van der Waals surface area contributed by atoms with Crippen LogP contribution in [0.25, 0.3) is 0 Å². The molecule has 2 atom stereocenters. The molecule has 0 saturated heterocycles. The Morgan fingerprint density at radius 3 is 3.05 bits per heavy atom. The zero-order valence-corrected chi connectivity index (χ0v) is 13.4. The number of thiophene rings is 1. The van der Waals surface area contributed by atoms with Crippen molar-refractivity contribution in [2.75, 3.05) is 0 Å². The molecule has 2 unspecified atom stereocenters. The van der Waals surface area contributed by atoms with Gasteiger partial charge in [-0.2, -0.15) is 0 Å². The average molecular weight is 355 g/mol. The summed E-state index contributed by atoms with van der Waals surface area (Å²) in [5.74, 6) is -0.104. The van der Waals surface area contributed by atoms with Gasteiger partial charge in [-0.05, 0) is 54.0 Å². The number of aliphatic hydroxyl groups is 1. The van der Waals surface area contributed by atoms with Crippen LogP contribution < -0.4 is 0 Å². The summed E-state index contributed by atoms with van der Waals surface area (Å²) < 4.78 is 14.6. The smallest absolute Gasteiger partial charge is 0.127 e. The van der Waals surface area contributed by atoms with Crippen LogP contribution in [0.2, 0.25) is 0 Å². The third-order valence-electron chi connectivity index (χ3n) is 4.01. The van der Waals surface area contributed by atoms with Crippen molar-refractivity contribution in [3.63, 3.8) is 0 Å². The molecule has 0 bridgehead atoms. The monoisotopic (exact) mass is 354 g/mol. The van der Waals surface area contributed by atoms with Gasteiger partial charge >= 0.3 is 0 Å². The molecule has 0 amide bonds. The number of aliphatic hydroxyl groups excluding tert-OH is 1. The Bertz CT molecular complexity index is 610. The molecule has 1 aliphatic rings. The summed E-state index contributed by atoms with van der Waals surface area (Å²) in [7, 11) is 0. The first kappa shape index (κ1) is 14.2. The minimum atomic E-state index is -0.515. The first-order chi connectivity index (χ1) is 9.65. The number of hydrogen-bond acceptors (Lipinski definition) is 2. The Kier molecular flexibility index (Phi) is 4.24. The molecule has 106 valence electrons. The number of fused-ring (bicyclic) bond motifs is 1. The van der Waals surface area contributed by atoms with E-state index in [4.69, 9.17) is 0 Å². The fourth-order valence-electron chi connectivity index (χ4n) is 2.98. The number of rotatable bonds is 3. The highest BCUT2D eigenvalue weighted by atomic mass is 79.9. The van der Waals surface area contributed by atoms with E-state index in [1.165, 1.54) is 16.5 Å². The van der Waals surface area contributed by atoms with E-state index in [-0.39, 0.29) is 11.7 Å². The molecule has 1 heterocycles. The zero-order chi connectivity index (χ0) is 14.1. The second-order valence-electron chi connectivity index (χ2n) is 5.31. The first-order valence-electron chi connectivity index (χ1n) is 6.83. The first-order valence-corrected chi connectivity index (χ1v) is 8.50. The highest BCUT2D eigenvalue weighted by molar-refractivity contribution is 9.10. The second-order valence-corrected chi connectivity index (χ2v) is 7.22. The Morgan fingerprint density at radius 2 is 2.25 bits per heavy atom. The average Bonchev–Trinajstić information content (AvgIpc) is 2.90. The van der Waals surface area contributed by atoms with E-state index in [2.05, 4.69) is 27.4 Å². The van der Waals surface area contributed by atoms with Gasteiger partial charge in [0.1, 0.15) is 5.82 Å². The standard InChI is InChI=1S/C16H16BrFOS/c17-11-5-4-10(14(18)9-11)8-15(19)12-2-1-3-16-13(12)6-7-20-16/h4-7,9,12,15,19H,1-3,8H2. The normalized spacial score (nSPS) is 19.6. The van der Waals surface area contributed by atoms with E-state index < -0.39 is 6.10 Å². The quantitative estimate of drug-likeness (QED) is 0.848. The topological polar surface area (TPSA) is 20.2 Å². The maximum atomic E-state index is 13.9. The third-order valence-corrected chi connectivity index (χ3v) is 5.50. The van der Waals surface area contributed by atoms with Gasteiger partial charge in [-0.25, -0.2) is 4.39 Å². The van der Waals surface area contributed by atoms with E-state index >= 15 is 0 Å². The summed E-state index contributed by atoms with van der Waals surface area (Å²) in [6.07, 6.45) is 3.07. The molecule has 0 saturated carbocycles. The van der Waals surface area contributed by atoms with Crippen LogP contribution in [-0.4, -0.2) is 11.2 Å². The molecular formula is C16H16BrFOS. The molecule has 1 nitrogen and oxygen atoms in total. The van der Waals surface area contributed by atoms with Crippen LogP contribution in [-0.2, 0) is 12.8 Å². The SMILES string of the molecule is OC(Cc1ccc(Br)cc1F)C1CCCc2sccc21. The van der Waals surface area contributed by atoms with E-state index in [9.17, 15) is 9.50 Å². The highest BCUT2D eigenvalue weighted by Crippen LogP contribution is 2.38. The largest absolute Gasteiger partial charge is 0.392 e. The lowest BCUT2D eigenvalue weighted by molar-refractivity contribution is 0.134. The third kappa shape index (κ3) is 2.83. The summed E-state index contributed by atoms with van der Waals surface area (Å²) in [4.78, 5) is 1.39. The molecule has 1 aliphatic carbocycles.